The van der Waals surface area contributed by atoms with Crippen LogP contribution in [0.1, 0.15) is 30.5 Å². The van der Waals surface area contributed by atoms with Crippen LogP contribution < -0.4 is 16.6 Å². The molecule has 0 aromatic carbocycles. The first-order valence-corrected chi connectivity index (χ1v) is 8.70. The molecule has 2 aromatic rings. The Bertz CT molecular complexity index is 902. The van der Waals surface area contributed by atoms with E-state index in [1.807, 2.05) is 19.2 Å². The maximum absolute atomic E-state index is 12.3. The molecule has 26 heavy (non-hydrogen) atoms. The molecular formula is C18H25N5O3. The van der Waals surface area contributed by atoms with E-state index < -0.39 is 22.9 Å². The van der Waals surface area contributed by atoms with Crippen LogP contribution in [0.2, 0.25) is 0 Å². The highest BCUT2D eigenvalue weighted by molar-refractivity contribution is 5.42. The van der Waals surface area contributed by atoms with Gasteiger partial charge < -0.3 is 10.4 Å². The third kappa shape index (κ3) is 3.56. The number of hydrogen-bond acceptors (Lipinski definition) is 6. The summed E-state index contributed by atoms with van der Waals surface area (Å²) in [7, 11) is 1.83. The number of piperidine rings is 1. The Morgan fingerprint density at radius 1 is 1.46 bits per heavy atom. The Kier molecular flexibility index (Phi) is 4.97. The van der Waals surface area contributed by atoms with Crippen molar-refractivity contribution in [1.29, 1.82) is 0 Å². The van der Waals surface area contributed by atoms with Gasteiger partial charge in [-0.2, -0.15) is 0 Å². The van der Waals surface area contributed by atoms with Crippen molar-refractivity contribution >= 4 is 5.82 Å². The van der Waals surface area contributed by atoms with Gasteiger partial charge in [-0.3, -0.25) is 19.2 Å². The first-order chi connectivity index (χ1) is 12.3. The van der Waals surface area contributed by atoms with E-state index in [2.05, 4.69) is 20.2 Å². The normalized spacial score (nSPS) is 23.8. The minimum absolute atomic E-state index is 0.396. The molecule has 0 bridgehead atoms. The fraction of sp³-hybridized carbons (Fsp3) is 0.500. The van der Waals surface area contributed by atoms with Crippen molar-refractivity contribution in [3.8, 4) is 0 Å². The summed E-state index contributed by atoms with van der Waals surface area (Å²) in [6.45, 7) is 5.26. The van der Waals surface area contributed by atoms with Gasteiger partial charge in [0.25, 0.3) is 5.56 Å². The Hall–Kier alpha value is -2.45. The summed E-state index contributed by atoms with van der Waals surface area (Å²) < 4.78 is 1.45. The highest BCUT2D eigenvalue weighted by Gasteiger charge is 2.39. The first kappa shape index (κ1) is 18.3. The number of hydrogen-bond donors (Lipinski definition) is 3. The SMILES string of the molecule is CNc1ncccc1CN1CC[C@@](C)(O)[C@H](n2cc(C)c(=O)[nH]c2=O)C1. The summed E-state index contributed by atoms with van der Waals surface area (Å²) in [6.07, 6.45) is 3.80. The molecule has 0 radical (unpaired) electrons. The fourth-order valence-corrected chi connectivity index (χ4v) is 3.46. The van der Waals surface area contributed by atoms with Crippen LogP contribution in [-0.2, 0) is 6.54 Å². The molecule has 0 unspecified atom stereocenters. The van der Waals surface area contributed by atoms with Crippen LogP contribution in [0.5, 0.6) is 0 Å². The van der Waals surface area contributed by atoms with E-state index in [0.29, 0.717) is 31.6 Å². The highest BCUT2D eigenvalue weighted by atomic mass is 16.3. The van der Waals surface area contributed by atoms with E-state index in [0.717, 1.165) is 11.4 Å². The van der Waals surface area contributed by atoms with Crippen LogP contribution in [0.4, 0.5) is 5.82 Å². The number of nitrogens with zero attached hydrogens (tertiary/aromatic N) is 3. The Morgan fingerprint density at radius 3 is 2.96 bits per heavy atom. The van der Waals surface area contributed by atoms with E-state index in [9.17, 15) is 14.7 Å². The second-order valence-corrected chi connectivity index (χ2v) is 7.10. The maximum Gasteiger partial charge on any atom is 0.328 e. The monoisotopic (exact) mass is 359 g/mol. The number of nitrogens with one attached hydrogen (secondary N) is 2. The number of pyridine rings is 1. The van der Waals surface area contributed by atoms with E-state index in [1.165, 1.54) is 10.8 Å². The molecule has 0 saturated carbocycles. The Labute approximate surface area is 151 Å². The molecule has 140 valence electrons. The number of aryl methyl sites for hydroxylation is 1. The van der Waals surface area contributed by atoms with Crippen LogP contribution >= 0.6 is 0 Å². The van der Waals surface area contributed by atoms with Crippen molar-refractivity contribution in [3.05, 3.63) is 56.5 Å². The lowest BCUT2D eigenvalue weighted by molar-refractivity contribution is -0.0542. The predicted octanol–water partition coefficient (Wildman–Crippen LogP) is 0.480. The van der Waals surface area contributed by atoms with E-state index in [1.54, 1.807) is 20.0 Å². The molecule has 1 aliphatic heterocycles. The van der Waals surface area contributed by atoms with E-state index >= 15 is 0 Å². The van der Waals surface area contributed by atoms with Gasteiger partial charge in [0.15, 0.2) is 0 Å². The molecule has 1 aliphatic rings. The van der Waals surface area contributed by atoms with Crippen LogP contribution in [0, 0.1) is 6.92 Å². The third-order valence-electron chi connectivity index (χ3n) is 5.09. The van der Waals surface area contributed by atoms with Crippen molar-refractivity contribution in [3.63, 3.8) is 0 Å². The lowest BCUT2D eigenvalue weighted by Gasteiger charge is -2.43. The molecule has 3 rings (SSSR count). The van der Waals surface area contributed by atoms with Gasteiger partial charge in [-0.15, -0.1) is 0 Å². The van der Waals surface area contributed by atoms with Crippen molar-refractivity contribution in [2.24, 2.45) is 0 Å². The molecule has 3 N–H and O–H groups in total. The van der Waals surface area contributed by atoms with Gasteiger partial charge in [0, 0.05) is 50.2 Å². The largest absolute Gasteiger partial charge is 0.388 e. The van der Waals surface area contributed by atoms with Gasteiger partial charge in [0.2, 0.25) is 0 Å². The van der Waals surface area contributed by atoms with E-state index in [-0.39, 0.29) is 0 Å². The molecule has 2 atom stereocenters. The number of likely N-dealkylation sites (tertiary alicyclic amines) is 1. The number of aromatic nitrogens is 3. The fourth-order valence-electron chi connectivity index (χ4n) is 3.46. The number of H-pyrrole nitrogens is 1. The standard InChI is InChI=1S/C18H25N5O3/c1-12-9-23(17(25)21-16(12)24)14-11-22(8-6-18(14,2)26)10-13-5-4-7-20-15(13)19-3/h4-5,7,9,14,26H,6,8,10-11H2,1-3H3,(H,19,20)(H,21,24,25)/t14-,18-/m1/s1. The number of aromatic amines is 1. The van der Waals surface area contributed by atoms with Crippen LogP contribution in [0.15, 0.2) is 34.1 Å². The Balaban J connectivity index is 1.89. The molecule has 0 spiro atoms. The summed E-state index contributed by atoms with van der Waals surface area (Å²) >= 11 is 0. The van der Waals surface area contributed by atoms with Gasteiger partial charge in [-0.25, -0.2) is 9.78 Å². The van der Waals surface area contributed by atoms with Crippen molar-refractivity contribution in [2.75, 3.05) is 25.5 Å². The van der Waals surface area contributed by atoms with Crippen LogP contribution in [0.3, 0.4) is 0 Å². The quantitative estimate of drug-likeness (QED) is 0.734. The zero-order valence-corrected chi connectivity index (χ0v) is 15.3. The minimum Gasteiger partial charge on any atom is -0.388 e. The minimum atomic E-state index is -1.04. The summed E-state index contributed by atoms with van der Waals surface area (Å²) in [4.78, 5) is 32.8. The molecule has 1 saturated heterocycles. The average Bonchev–Trinajstić information content (AvgIpc) is 2.60. The van der Waals surface area contributed by atoms with Crippen molar-refractivity contribution < 1.29 is 5.11 Å². The summed E-state index contributed by atoms with van der Waals surface area (Å²) in [6, 6.07) is 3.45. The molecule has 2 aromatic heterocycles. The van der Waals surface area contributed by atoms with Gasteiger partial charge in [-0.05, 0) is 26.3 Å². The van der Waals surface area contributed by atoms with Crippen LogP contribution in [0.25, 0.3) is 0 Å². The predicted molar refractivity (Wildman–Crippen MR) is 99.4 cm³/mol. The molecule has 0 aliphatic carbocycles. The van der Waals surface area contributed by atoms with Crippen molar-refractivity contribution in [1.82, 2.24) is 19.4 Å². The second-order valence-electron chi connectivity index (χ2n) is 7.10. The highest BCUT2D eigenvalue weighted by Crippen LogP contribution is 2.31. The average molecular weight is 359 g/mol. The van der Waals surface area contributed by atoms with Crippen molar-refractivity contribution in [2.45, 2.75) is 38.5 Å². The lowest BCUT2D eigenvalue weighted by Crippen LogP contribution is -2.53. The zero-order valence-electron chi connectivity index (χ0n) is 15.3. The molecular weight excluding hydrogens is 334 g/mol. The summed E-state index contributed by atoms with van der Waals surface area (Å²) in [5.41, 5.74) is -0.425. The first-order valence-electron chi connectivity index (χ1n) is 8.70. The van der Waals surface area contributed by atoms with Gasteiger partial charge >= 0.3 is 5.69 Å². The van der Waals surface area contributed by atoms with E-state index in [4.69, 9.17) is 0 Å². The smallest absolute Gasteiger partial charge is 0.328 e. The molecule has 0 amide bonds. The molecule has 8 heteroatoms. The number of rotatable bonds is 4. The number of aliphatic hydroxyl groups is 1. The molecule has 3 heterocycles. The maximum atomic E-state index is 12.3. The summed E-state index contributed by atoms with van der Waals surface area (Å²) in [5, 5.41) is 13.9. The van der Waals surface area contributed by atoms with Gasteiger partial charge in [0.05, 0.1) is 11.6 Å². The topological polar surface area (TPSA) is 103 Å². The zero-order chi connectivity index (χ0) is 18.9. The molecule has 1 fully saturated rings. The third-order valence-corrected chi connectivity index (χ3v) is 5.09. The second kappa shape index (κ2) is 7.05. The molecule has 8 nitrogen and oxygen atoms in total. The summed E-state index contributed by atoms with van der Waals surface area (Å²) in [5.74, 6) is 0.818. The van der Waals surface area contributed by atoms with Gasteiger partial charge in [0.1, 0.15) is 5.82 Å². The number of anilines is 1. The Morgan fingerprint density at radius 2 is 2.23 bits per heavy atom. The van der Waals surface area contributed by atoms with Gasteiger partial charge in [-0.1, -0.05) is 6.07 Å². The lowest BCUT2D eigenvalue weighted by atomic mass is 9.88. The van der Waals surface area contributed by atoms with Crippen LogP contribution in [-0.4, -0.2) is 50.3 Å².